The minimum absolute atomic E-state index is 0.289. The van der Waals surface area contributed by atoms with Crippen molar-refractivity contribution in [1.29, 1.82) is 0 Å². The predicted molar refractivity (Wildman–Crippen MR) is 104 cm³/mol. The Morgan fingerprint density at radius 3 is 2.52 bits per heavy atom. The highest BCUT2D eigenvalue weighted by atomic mass is 35.5. The maximum Gasteiger partial charge on any atom is 0.0730 e. The summed E-state index contributed by atoms with van der Waals surface area (Å²) >= 11 is 8.09. The number of rotatable bonds is 5. The molecule has 0 aliphatic rings. The van der Waals surface area contributed by atoms with Crippen molar-refractivity contribution in [3.63, 3.8) is 0 Å². The lowest BCUT2D eigenvalue weighted by atomic mass is 9.93. The van der Waals surface area contributed by atoms with E-state index in [0.717, 1.165) is 32.8 Å². The smallest absolute Gasteiger partial charge is 0.0730 e. The van der Waals surface area contributed by atoms with Crippen molar-refractivity contribution < 1.29 is 0 Å². The summed E-state index contributed by atoms with van der Waals surface area (Å²) in [6.45, 7) is 7.79. The maximum atomic E-state index is 6.50. The molecule has 0 saturated carbocycles. The molecule has 0 aliphatic heterocycles. The van der Waals surface area contributed by atoms with E-state index in [0.29, 0.717) is 5.02 Å². The molecule has 2 rings (SSSR count). The minimum Gasteiger partial charge on any atom is -0.320 e. The molecule has 0 fully saturated rings. The lowest BCUT2D eigenvalue weighted by Gasteiger charge is -2.19. The van der Waals surface area contributed by atoms with Crippen LogP contribution in [-0.2, 0) is 0 Å². The van der Waals surface area contributed by atoms with Crippen LogP contribution in [0.25, 0.3) is 6.08 Å². The highest BCUT2D eigenvalue weighted by Crippen LogP contribution is 2.35. The summed E-state index contributed by atoms with van der Waals surface area (Å²) in [6.07, 6.45) is 5.62. The van der Waals surface area contributed by atoms with Crippen molar-refractivity contribution in [3.8, 4) is 0 Å². The number of aliphatic imine (C=N–C) groups is 1. The summed E-state index contributed by atoms with van der Waals surface area (Å²) in [5.74, 6) is 0. The van der Waals surface area contributed by atoms with Gasteiger partial charge in [-0.25, -0.2) is 0 Å². The first-order valence-corrected chi connectivity index (χ1v) is 8.97. The first kappa shape index (κ1) is 17.8. The van der Waals surface area contributed by atoms with Crippen LogP contribution in [0.1, 0.15) is 35.2 Å². The molecular formula is C19H21ClN2S. The van der Waals surface area contributed by atoms with Crippen LogP contribution in [-0.4, -0.2) is 12.5 Å². The third-order valence-corrected chi connectivity index (χ3v) is 4.91. The topological polar surface area (TPSA) is 38.4 Å². The molecule has 0 saturated heterocycles. The van der Waals surface area contributed by atoms with E-state index in [1.807, 2.05) is 56.5 Å². The van der Waals surface area contributed by atoms with Crippen LogP contribution in [0.2, 0.25) is 5.02 Å². The molecule has 0 aliphatic carbocycles. The van der Waals surface area contributed by atoms with Gasteiger partial charge >= 0.3 is 0 Å². The molecule has 2 aromatic carbocycles. The van der Waals surface area contributed by atoms with Crippen LogP contribution in [0.5, 0.6) is 0 Å². The number of nitrogens with two attached hydrogens (primary N) is 1. The second kappa shape index (κ2) is 7.82. The Balaban J connectivity index is 2.53. The SMILES string of the molecule is C=Cc1ccc(C(N)c2ccc(SC)cc2Cl)c(C)c1N=CC. The quantitative estimate of drug-likeness (QED) is 0.551. The molecule has 0 amide bonds. The van der Waals surface area contributed by atoms with E-state index in [1.165, 1.54) is 0 Å². The zero-order chi connectivity index (χ0) is 17.0. The molecule has 4 heteroatoms. The fourth-order valence-electron chi connectivity index (χ4n) is 2.59. The van der Waals surface area contributed by atoms with E-state index in [4.69, 9.17) is 17.3 Å². The standard InChI is InChI=1S/C19H21ClN2S/c1-5-13-7-9-15(12(3)19(13)22-6-2)18(21)16-10-8-14(23-4)11-17(16)20/h5-11,18H,1,21H2,2-4H3. The van der Waals surface area contributed by atoms with E-state index >= 15 is 0 Å². The van der Waals surface area contributed by atoms with Crippen LogP contribution in [0, 0.1) is 6.92 Å². The third kappa shape index (κ3) is 3.69. The summed E-state index contributed by atoms with van der Waals surface area (Å²) in [5, 5.41) is 0.692. The van der Waals surface area contributed by atoms with Gasteiger partial charge in [-0.1, -0.05) is 42.5 Å². The van der Waals surface area contributed by atoms with Crippen LogP contribution in [0.3, 0.4) is 0 Å². The van der Waals surface area contributed by atoms with Crippen molar-refractivity contribution in [3.05, 3.63) is 64.2 Å². The highest BCUT2D eigenvalue weighted by Gasteiger charge is 2.17. The Hall–Kier alpha value is -1.55. The van der Waals surface area contributed by atoms with Crippen LogP contribution in [0.4, 0.5) is 5.69 Å². The molecule has 2 nitrogen and oxygen atoms in total. The molecule has 1 unspecified atom stereocenters. The van der Waals surface area contributed by atoms with Gasteiger partial charge in [0, 0.05) is 16.1 Å². The van der Waals surface area contributed by atoms with Gasteiger partial charge in [0.15, 0.2) is 0 Å². The van der Waals surface area contributed by atoms with Crippen molar-refractivity contribution >= 4 is 41.3 Å². The third-order valence-electron chi connectivity index (χ3n) is 3.86. The van der Waals surface area contributed by atoms with E-state index in [1.54, 1.807) is 18.0 Å². The zero-order valence-electron chi connectivity index (χ0n) is 13.6. The van der Waals surface area contributed by atoms with Gasteiger partial charge in [-0.3, -0.25) is 4.99 Å². The Morgan fingerprint density at radius 2 is 1.96 bits per heavy atom. The van der Waals surface area contributed by atoms with Crippen LogP contribution < -0.4 is 5.73 Å². The molecule has 0 heterocycles. The van der Waals surface area contributed by atoms with Gasteiger partial charge in [0.05, 0.1) is 11.7 Å². The van der Waals surface area contributed by atoms with Gasteiger partial charge in [-0.15, -0.1) is 11.8 Å². The van der Waals surface area contributed by atoms with Gasteiger partial charge in [-0.05, 0) is 54.5 Å². The van der Waals surface area contributed by atoms with Crippen molar-refractivity contribution in [2.45, 2.75) is 24.8 Å². The molecule has 120 valence electrons. The largest absolute Gasteiger partial charge is 0.320 e. The zero-order valence-corrected chi connectivity index (χ0v) is 15.2. The van der Waals surface area contributed by atoms with Crippen molar-refractivity contribution in [2.75, 3.05) is 6.26 Å². The number of benzene rings is 2. The van der Waals surface area contributed by atoms with Gasteiger partial charge < -0.3 is 5.73 Å². The number of hydrogen-bond donors (Lipinski definition) is 1. The molecular weight excluding hydrogens is 324 g/mol. The number of halogens is 1. The summed E-state index contributed by atoms with van der Waals surface area (Å²) in [7, 11) is 0. The molecule has 1 atom stereocenters. The van der Waals surface area contributed by atoms with E-state index < -0.39 is 0 Å². The average Bonchev–Trinajstić information content (AvgIpc) is 2.56. The molecule has 0 aromatic heterocycles. The normalized spacial score (nSPS) is 12.6. The first-order valence-electron chi connectivity index (χ1n) is 7.37. The van der Waals surface area contributed by atoms with Crippen molar-refractivity contribution in [1.82, 2.24) is 0 Å². The Kier molecular flexibility index (Phi) is 6.05. The summed E-state index contributed by atoms with van der Waals surface area (Å²) in [4.78, 5) is 5.60. The number of thioether (sulfide) groups is 1. The lowest BCUT2D eigenvalue weighted by molar-refractivity contribution is 0.860. The fourth-order valence-corrected chi connectivity index (χ4v) is 3.40. The maximum absolute atomic E-state index is 6.50. The number of nitrogens with zero attached hydrogens (tertiary/aromatic N) is 1. The molecule has 2 N–H and O–H groups in total. The monoisotopic (exact) mass is 344 g/mol. The van der Waals surface area contributed by atoms with Gasteiger partial charge in [0.1, 0.15) is 0 Å². The van der Waals surface area contributed by atoms with E-state index in [-0.39, 0.29) is 6.04 Å². The Labute approximate surface area is 147 Å². The van der Waals surface area contributed by atoms with Gasteiger partial charge in [0.25, 0.3) is 0 Å². The summed E-state index contributed by atoms with van der Waals surface area (Å²) < 4.78 is 0. The van der Waals surface area contributed by atoms with Gasteiger partial charge in [-0.2, -0.15) is 0 Å². The number of hydrogen-bond acceptors (Lipinski definition) is 3. The first-order chi connectivity index (χ1) is 11.0. The Bertz CT molecular complexity index is 753. The van der Waals surface area contributed by atoms with Gasteiger partial charge in [0.2, 0.25) is 0 Å². The highest BCUT2D eigenvalue weighted by molar-refractivity contribution is 7.98. The van der Waals surface area contributed by atoms with Crippen LogP contribution in [0.15, 0.2) is 46.8 Å². The second-order valence-electron chi connectivity index (χ2n) is 5.17. The summed E-state index contributed by atoms with van der Waals surface area (Å²) in [5.41, 5.74) is 11.4. The molecule has 0 bridgehead atoms. The van der Waals surface area contributed by atoms with Crippen molar-refractivity contribution in [2.24, 2.45) is 10.7 Å². The molecule has 2 aromatic rings. The molecule has 23 heavy (non-hydrogen) atoms. The van der Waals surface area contributed by atoms with E-state index in [2.05, 4.69) is 11.6 Å². The Morgan fingerprint density at radius 1 is 1.26 bits per heavy atom. The predicted octanol–water partition coefficient (Wildman–Crippen LogP) is 5.78. The lowest BCUT2D eigenvalue weighted by Crippen LogP contribution is -2.14. The van der Waals surface area contributed by atoms with Crippen LogP contribution >= 0.6 is 23.4 Å². The molecule has 0 radical (unpaired) electrons. The average molecular weight is 345 g/mol. The van der Waals surface area contributed by atoms with E-state index in [9.17, 15) is 0 Å². The second-order valence-corrected chi connectivity index (χ2v) is 6.46. The molecule has 0 spiro atoms. The minimum atomic E-state index is -0.289. The fraction of sp³-hybridized carbons (Fsp3) is 0.211. The summed E-state index contributed by atoms with van der Waals surface area (Å²) in [6, 6.07) is 9.75.